The van der Waals surface area contributed by atoms with Gasteiger partial charge in [-0.2, -0.15) is 0 Å². The summed E-state index contributed by atoms with van der Waals surface area (Å²) in [5.74, 6) is 0.757. The van der Waals surface area contributed by atoms with E-state index in [1.165, 1.54) is 6.54 Å². The van der Waals surface area contributed by atoms with Crippen LogP contribution in [0.25, 0.3) is 0 Å². The number of hydrogen-bond donors (Lipinski definition) is 1. The van der Waals surface area contributed by atoms with Crippen LogP contribution in [-0.4, -0.2) is 53.7 Å². The van der Waals surface area contributed by atoms with Crippen molar-refractivity contribution in [2.45, 2.75) is 33.7 Å². The predicted molar refractivity (Wildman–Crippen MR) is 73.7 cm³/mol. The number of nitrogens with one attached hydrogen (secondary N) is 1. The van der Waals surface area contributed by atoms with Crippen molar-refractivity contribution in [1.82, 2.24) is 15.1 Å². The smallest absolute Gasteiger partial charge is 0.169 e. The van der Waals surface area contributed by atoms with Crippen molar-refractivity contribution in [1.29, 1.82) is 0 Å². The Balaban J connectivity index is 2.28. The van der Waals surface area contributed by atoms with Gasteiger partial charge in [-0.05, 0) is 32.0 Å². The van der Waals surface area contributed by atoms with Crippen LogP contribution in [0.1, 0.15) is 27.7 Å². The first-order chi connectivity index (χ1) is 7.49. The van der Waals surface area contributed by atoms with Crippen LogP contribution in [0.2, 0.25) is 0 Å². The Kier molecular flexibility index (Phi) is 5.49. The van der Waals surface area contributed by atoms with E-state index >= 15 is 0 Å². The molecule has 1 N–H and O–H groups in total. The quantitative estimate of drug-likeness (QED) is 0.758. The van der Waals surface area contributed by atoms with E-state index in [0.717, 1.165) is 37.2 Å². The fourth-order valence-electron chi connectivity index (χ4n) is 1.99. The summed E-state index contributed by atoms with van der Waals surface area (Å²) in [5, 5.41) is 4.22. The molecule has 0 aliphatic carbocycles. The standard InChI is InChI=1S/C12H25N3S/c1-10(2)9-14-5-7-15(8-6-14)12(16)13-11(3)4/h10-11H,5-9H2,1-4H3,(H,13,16). The van der Waals surface area contributed by atoms with Crippen molar-refractivity contribution in [2.24, 2.45) is 5.92 Å². The van der Waals surface area contributed by atoms with Gasteiger partial charge in [-0.25, -0.2) is 0 Å². The average molecular weight is 243 g/mol. The largest absolute Gasteiger partial charge is 0.360 e. The van der Waals surface area contributed by atoms with Crippen molar-refractivity contribution in [2.75, 3.05) is 32.7 Å². The van der Waals surface area contributed by atoms with Gasteiger partial charge >= 0.3 is 0 Å². The highest BCUT2D eigenvalue weighted by atomic mass is 32.1. The molecule has 0 amide bonds. The minimum absolute atomic E-state index is 0.432. The Hall–Kier alpha value is -0.350. The van der Waals surface area contributed by atoms with Crippen LogP contribution >= 0.6 is 12.2 Å². The molecule has 0 unspecified atom stereocenters. The average Bonchev–Trinajstić information content (AvgIpc) is 2.16. The van der Waals surface area contributed by atoms with E-state index in [1.807, 2.05) is 0 Å². The van der Waals surface area contributed by atoms with Crippen LogP contribution in [0.3, 0.4) is 0 Å². The zero-order valence-electron chi connectivity index (χ0n) is 11.0. The van der Waals surface area contributed by atoms with E-state index in [2.05, 4.69) is 42.8 Å². The third kappa shape index (κ3) is 4.66. The van der Waals surface area contributed by atoms with E-state index in [4.69, 9.17) is 12.2 Å². The summed E-state index contributed by atoms with van der Waals surface area (Å²) in [6, 6.07) is 0.432. The lowest BCUT2D eigenvalue weighted by Gasteiger charge is -2.37. The first kappa shape index (κ1) is 13.7. The molecular weight excluding hydrogens is 218 g/mol. The molecule has 0 atom stereocenters. The summed E-state index contributed by atoms with van der Waals surface area (Å²) >= 11 is 5.37. The second-order valence-corrected chi connectivity index (χ2v) is 5.67. The number of hydrogen-bond acceptors (Lipinski definition) is 2. The van der Waals surface area contributed by atoms with Gasteiger partial charge in [0.05, 0.1) is 0 Å². The number of thiocarbonyl (C=S) groups is 1. The second kappa shape index (κ2) is 6.40. The molecule has 4 heteroatoms. The highest BCUT2D eigenvalue weighted by Gasteiger charge is 2.19. The lowest BCUT2D eigenvalue weighted by molar-refractivity contribution is 0.165. The van der Waals surface area contributed by atoms with Crippen molar-refractivity contribution in [3.63, 3.8) is 0 Å². The maximum atomic E-state index is 5.37. The summed E-state index contributed by atoms with van der Waals surface area (Å²) in [6.07, 6.45) is 0. The van der Waals surface area contributed by atoms with Gasteiger partial charge < -0.3 is 10.2 Å². The van der Waals surface area contributed by atoms with E-state index in [-0.39, 0.29) is 0 Å². The molecule has 1 heterocycles. The lowest BCUT2D eigenvalue weighted by atomic mass is 10.2. The topological polar surface area (TPSA) is 18.5 Å². The molecule has 94 valence electrons. The van der Waals surface area contributed by atoms with Gasteiger partial charge in [-0.1, -0.05) is 13.8 Å². The molecule has 0 aromatic heterocycles. The monoisotopic (exact) mass is 243 g/mol. The van der Waals surface area contributed by atoms with E-state index in [1.54, 1.807) is 0 Å². The summed E-state index contributed by atoms with van der Waals surface area (Å²) < 4.78 is 0. The van der Waals surface area contributed by atoms with Crippen LogP contribution in [-0.2, 0) is 0 Å². The fraction of sp³-hybridized carbons (Fsp3) is 0.917. The molecule has 0 aromatic carbocycles. The molecule has 1 aliphatic heterocycles. The van der Waals surface area contributed by atoms with Gasteiger partial charge in [0.1, 0.15) is 0 Å². The second-order valence-electron chi connectivity index (χ2n) is 5.29. The molecule has 16 heavy (non-hydrogen) atoms. The van der Waals surface area contributed by atoms with Crippen LogP contribution in [0, 0.1) is 5.92 Å². The van der Waals surface area contributed by atoms with Crippen LogP contribution in [0.15, 0.2) is 0 Å². The third-order valence-corrected chi connectivity index (χ3v) is 3.07. The SMILES string of the molecule is CC(C)CN1CCN(C(=S)NC(C)C)CC1. The summed E-state index contributed by atoms with van der Waals surface area (Å²) in [5.41, 5.74) is 0. The molecule has 1 aliphatic rings. The molecule has 0 bridgehead atoms. The van der Waals surface area contributed by atoms with Gasteiger partial charge in [0.15, 0.2) is 5.11 Å². The van der Waals surface area contributed by atoms with Gasteiger partial charge in [0.25, 0.3) is 0 Å². The molecule has 1 rings (SSSR count). The van der Waals surface area contributed by atoms with Crippen LogP contribution in [0.4, 0.5) is 0 Å². The normalized spacial score (nSPS) is 18.2. The van der Waals surface area contributed by atoms with Gasteiger partial charge in [-0.3, -0.25) is 4.90 Å². The third-order valence-electron chi connectivity index (χ3n) is 2.70. The minimum Gasteiger partial charge on any atom is -0.360 e. The van der Waals surface area contributed by atoms with Crippen molar-refractivity contribution in [3.8, 4) is 0 Å². The van der Waals surface area contributed by atoms with Gasteiger partial charge in [0, 0.05) is 38.8 Å². The van der Waals surface area contributed by atoms with Crippen LogP contribution in [0.5, 0.6) is 0 Å². The van der Waals surface area contributed by atoms with Crippen molar-refractivity contribution >= 4 is 17.3 Å². The Morgan fingerprint density at radius 1 is 1.12 bits per heavy atom. The van der Waals surface area contributed by atoms with Gasteiger partial charge in [-0.15, -0.1) is 0 Å². The zero-order valence-corrected chi connectivity index (χ0v) is 11.8. The Bertz CT molecular complexity index is 220. The number of piperazine rings is 1. The molecule has 0 aromatic rings. The number of rotatable bonds is 3. The number of nitrogens with zero attached hydrogens (tertiary/aromatic N) is 2. The molecule has 3 nitrogen and oxygen atoms in total. The lowest BCUT2D eigenvalue weighted by Crippen LogP contribution is -2.53. The Morgan fingerprint density at radius 2 is 1.69 bits per heavy atom. The summed E-state index contributed by atoms with van der Waals surface area (Å²) in [7, 11) is 0. The Labute approximate surface area is 105 Å². The highest BCUT2D eigenvalue weighted by Crippen LogP contribution is 2.05. The van der Waals surface area contributed by atoms with E-state index in [0.29, 0.717) is 6.04 Å². The van der Waals surface area contributed by atoms with Gasteiger partial charge in [0.2, 0.25) is 0 Å². The maximum Gasteiger partial charge on any atom is 0.169 e. The molecule has 0 saturated carbocycles. The molecule has 1 saturated heterocycles. The van der Waals surface area contributed by atoms with E-state index < -0.39 is 0 Å². The Morgan fingerprint density at radius 3 is 2.12 bits per heavy atom. The molecule has 0 spiro atoms. The predicted octanol–water partition coefficient (Wildman–Crippen LogP) is 1.54. The molecule has 0 radical (unpaired) electrons. The summed E-state index contributed by atoms with van der Waals surface area (Å²) in [4.78, 5) is 4.81. The molecular formula is C12H25N3S. The first-order valence-electron chi connectivity index (χ1n) is 6.27. The van der Waals surface area contributed by atoms with Crippen molar-refractivity contribution in [3.05, 3.63) is 0 Å². The summed E-state index contributed by atoms with van der Waals surface area (Å²) in [6.45, 7) is 14.4. The fourth-order valence-corrected chi connectivity index (χ4v) is 2.41. The highest BCUT2D eigenvalue weighted by molar-refractivity contribution is 7.80. The zero-order chi connectivity index (χ0) is 12.1. The first-order valence-corrected chi connectivity index (χ1v) is 6.67. The molecule has 1 fully saturated rings. The maximum absolute atomic E-state index is 5.37. The minimum atomic E-state index is 0.432. The van der Waals surface area contributed by atoms with Crippen molar-refractivity contribution < 1.29 is 0 Å². The van der Waals surface area contributed by atoms with E-state index in [9.17, 15) is 0 Å². The van der Waals surface area contributed by atoms with Crippen LogP contribution < -0.4 is 5.32 Å².